The minimum Gasteiger partial charge on any atom is -0.497 e. The molecule has 2 atom stereocenters. The first-order valence-electron chi connectivity index (χ1n) is 8.68. The van der Waals surface area contributed by atoms with Crippen LogP contribution < -0.4 is 4.74 Å². The van der Waals surface area contributed by atoms with Gasteiger partial charge in [-0.15, -0.1) is 23.5 Å². The number of aromatic nitrogens is 2. The average Bonchev–Trinajstić information content (AvgIpc) is 3.29. The van der Waals surface area contributed by atoms with Gasteiger partial charge in [0.05, 0.1) is 17.5 Å². The highest BCUT2D eigenvalue weighted by atomic mass is 32.2. The van der Waals surface area contributed by atoms with Crippen molar-refractivity contribution in [1.82, 2.24) is 9.55 Å². The molecule has 1 saturated heterocycles. The number of unbranched alkanes of at least 4 members (excludes halogenated alkanes) is 1. The topological polar surface area (TPSA) is 27.1 Å². The summed E-state index contributed by atoms with van der Waals surface area (Å²) in [6.45, 7) is 3.29. The van der Waals surface area contributed by atoms with Gasteiger partial charge in [-0.3, -0.25) is 0 Å². The van der Waals surface area contributed by atoms with Gasteiger partial charge in [-0.2, -0.15) is 0 Å². The number of imidazole rings is 1. The largest absolute Gasteiger partial charge is 0.497 e. The van der Waals surface area contributed by atoms with E-state index in [0.717, 1.165) is 24.0 Å². The van der Waals surface area contributed by atoms with E-state index in [0.29, 0.717) is 0 Å². The quantitative estimate of drug-likeness (QED) is 0.647. The first-order valence-corrected chi connectivity index (χ1v) is 10.5. The Morgan fingerprint density at radius 1 is 1.33 bits per heavy atom. The van der Waals surface area contributed by atoms with Crippen molar-refractivity contribution in [3.05, 3.63) is 48.5 Å². The lowest BCUT2D eigenvalue weighted by molar-refractivity contribution is 0.414. The van der Waals surface area contributed by atoms with Crippen molar-refractivity contribution in [1.29, 1.82) is 0 Å². The zero-order valence-corrected chi connectivity index (χ0v) is 16.1. The number of methoxy groups -OCH3 is 1. The molecule has 2 unspecified atom stereocenters. The molecular formula is C19H26N2OS2. The molecule has 0 saturated carbocycles. The second-order valence-electron chi connectivity index (χ2n) is 6.23. The number of ether oxygens (including phenoxy) is 1. The minimum absolute atomic E-state index is 0.148. The highest BCUT2D eigenvalue weighted by molar-refractivity contribution is 8.21. The molecule has 0 amide bonds. The molecule has 2 aromatic rings. The first-order chi connectivity index (χ1) is 11.8. The Kier molecular flexibility index (Phi) is 6.17. The number of aryl methyl sites for hydroxylation is 1. The zero-order chi connectivity index (χ0) is 16.8. The molecule has 5 heteroatoms. The molecule has 3 nitrogen and oxygen atoms in total. The smallest absolute Gasteiger partial charge is 0.118 e. The normalized spacial score (nSPS) is 23.5. The summed E-state index contributed by atoms with van der Waals surface area (Å²) in [6.07, 6.45) is 10.9. The summed E-state index contributed by atoms with van der Waals surface area (Å²) in [5.41, 5.74) is 1.41. The predicted molar refractivity (Wildman–Crippen MR) is 105 cm³/mol. The molecule has 0 radical (unpaired) electrons. The predicted octanol–water partition coefficient (Wildman–Crippen LogP) is 5.17. The molecule has 3 rings (SSSR count). The van der Waals surface area contributed by atoms with E-state index in [1.54, 1.807) is 7.11 Å². The van der Waals surface area contributed by atoms with Crippen molar-refractivity contribution in [2.24, 2.45) is 0 Å². The van der Waals surface area contributed by atoms with Crippen LogP contribution in [0.4, 0.5) is 0 Å². The van der Waals surface area contributed by atoms with Crippen LogP contribution in [0.5, 0.6) is 5.75 Å². The Labute approximate surface area is 153 Å². The van der Waals surface area contributed by atoms with Gasteiger partial charge in [0.1, 0.15) is 5.75 Å². The summed E-state index contributed by atoms with van der Waals surface area (Å²) in [7, 11) is 1.73. The zero-order valence-electron chi connectivity index (χ0n) is 14.5. The Morgan fingerprint density at radius 3 is 2.83 bits per heavy atom. The van der Waals surface area contributed by atoms with E-state index in [-0.39, 0.29) is 4.08 Å². The molecule has 0 aliphatic carbocycles. The van der Waals surface area contributed by atoms with Crippen LogP contribution in [0.3, 0.4) is 0 Å². The fourth-order valence-electron chi connectivity index (χ4n) is 3.11. The molecule has 0 N–H and O–H groups in total. The molecule has 130 valence electrons. The molecule has 1 aromatic heterocycles. The van der Waals surface area contributed by atoms with Gasteiger partial charge >= 0.3 is 0 Å². The fourth-order valence-corrected chi connectivity index (χ4v) is 6.93. The maximum absolute atomic E-state index is 5.33. The summed E-state index contributed by atoms with van der Waals surface area (Å²) in [6, 6.07) is 8.67. The van der Waals surface area contributed by atoms with Gasteiger partial charge in [-0.1, -0.05) is 31.9 Å². The lowest BCUT2D eigenvalue weighted by atomic mass is 10.1. The van der Waals surface area contributed by atoms with Crippen molar-refractivity contribution in [2.75, 3.05) is 12.9 Å². The van der Waals surface area contributed by atoms with Crippen molar-refractivity contribution in [2.45, 2.75) is 48.5 Å². The van der Waals surface area contributed by atoms with Crippen molar-refractivity contribution < 1.29 is 4.74 Å². The van der Waals surface area contributed by atoms with Gasteiger partial charge in [0.2, 0.25) is 0 Å². The second kappa shape index (κ2) is 8.34. The molecule has 1 fully saturated rings. The number of nitrogens with zero attached hydrogens (tertiary/aromatic N) is 2. The molecule has 1 aliphatic rings. The standard InChI is InChI=1S/C19H26N2OS2/c1-3-4-5-18-14-23-19(24-18,10-12-21-13-11-20-15-21)16-6-8-17(22-2)9-7-16/h6-9,11,13,15,18H,3-5,10,12,14H2,1-2H3. The highest BCUT2D eigenvalue weighted by Crippen LogP contribution is 2.58. The number of benzene rings is 1. The van der Waals surface area contributed by atoms with Gasteiger partial charge in [-0.05, 0) is 30.5 Å². The van der Waals surface area contributed by atoms with Crippen LogP contribution in [0.2, 0.25) is 0 Å². The number of rotatable bonds is 8. The third-order valence-corrected chi connectivity index (χ3v) is 8.41. The highest BCUT2D eigenvalue weighted by Gasteiger charge is 2.41. The van der Waals surface area contributed by atoms with E-state index in [1.165, 1.54) is 30.6 Å². The lowest BCUT2D eigenvalue weighted by Crippen LogP contribution is -2.18. The number of hydrogen-bond acceptors (Lipinski definition) is 4. The summed E-state index contributed by atoms with van der Waals surface area (Å²) in [5.74, 6) is 2.18. The van der Waals surface area contributed by atoms with Crippen LogP contribution in [-0.2, 0) is 10.6 Å². The third kappa shape index (κ3) is 4.12. The minimum atomic E-state index is 0.148. The molecule has 2 heterocycles. The lowest BCUT2D eigenvalue weighted by Gasteiger charge is -2.29. The SMILES string of the molecule is CCCCC1CSC(CCn2ccnc2)(c2ccc(OC)cc2)S1. The van der Waals surface area contributed by atoms with Crippen LogP contribution in [0.15, 0.2) is 43.0 Å². The van der Waals surface area contributed by atoms with Gasteiger partial charge < -0.3 is 9.30 Å². The average molecular weight is 363 g/mol. The van der Waals surface area contributed by atoms with Gasteiger partial charge in [0.25, 0.3) is 0 Å². The van der Waals surface area contributed by atoms with Crippen LogP contribution in [-0.4, -0.2) is 27.7 Å². The number of hydrogen-bond donors (Lipinski definition) is 0. The molecule has 24 heavy (non-hydrogen) atoms. The Hall–Kier alpha value is -1.07. The van der Waals surface area contributed by atoms with Crippen molar-refractivity contribution >= 4 is 23.5 Å². The van der Waals surface area contributed by atoms with Gasteiger partial charge in [0.15, 0.2) is 0 Å². The van der Waals surface area contributed by atoms with E-state index in [4.69, 9.17) is 4.74 Å². The Bertz CT molecular complexity index is 615. The summed E-state index contributed by atoms with van der Waals surface area (Å²) < 4.78 is 7.67. The van der Waals surface area contributed by atoms with Gasteiger partial charge in [-0.25, -0.2) is 4.98 Å². The van der Waals surface area contributed by atoms with E-state index < -0.39 is 0 Å². The molecule has 0 spiro atoms. The van der Waals surface area contributed by atoms with E-state index >= 15 is 0 Å². The van der Waals surface area contributed by atoms with Gasteiger partial charge in [0, 0.05) is 29.9 Å². The monoisotopic (exact) mass is 362 g/mol. The maximum Gasteiger partial charge on any atom is 0.118 e. The van der Waals surface area contributed by atoms with E-state index in [9.17, 15) is 0 Å². The Balaban J connectivity index is 1.77. The molecule has 1 aliphatic heterocycles. The summed E-state index contributed by atoms with van der Waals surface area (Å²) >= 11 is 4.30. The van der Waals surface area contributed by atoms with Crippen molar-refractivity contribution in [3.63, 3.8) is 0 Å². The molecular weight excluding hydrogens is 336 g/mol. The number of thioether (sulfide) groups is 2. The van der Waals surface area contributed by atoms with Crippen LogP contribution >= 0.6 is 23.5 Å². The third-order valence-electron chi connectivity index (χ3n) is 4.53. The fraction of sp³-hybridized carbons (Fsp3) is 0.526. The first kappa shape index (κ1) is 17.7. The van der Waals surface area contributed by atoms with E-state index in [2.05, 4.69) is 70.5 Å². The van der Waals surface area contributed by atoms with Crippen LogP contribution in [0.25, 0.3) is 0 Å². The van der Waals surface area contributed by atoms with Crippen LogP contribution in [0, 0.1) is 0 Å². The van der Waals surface area contributed by atoms with Crippen molar-refractivity contribution in [3.8, 4) is 5.75 Å². The van der Waals surface area contributed by atoms with E-state index in [1.807, 2.05) is 12.5 Å². The second-order valence-corrected chi connectivity index (χ2v) is 9.40. The summed E-state index contributed by atoms with van der Waals surface area (Å²) in [5, 5.41) is 0.764. The maximum atomic E-state index is 5.33. The molecule has 1 aromatic carbocycles. The molecule has 0 bridgehead atoms. The van der Waals surface area contributed by atoms with Crippen LogP contribution in [0.1, 0.15) is 38.2 Å². The summed E-state index contributed by atoms with van der Waals surface area (Å²) in [4.78, 5) is 4.17. The Morgan fingerprint density at radius 2 is 2.17 bits per heavy atom.